The van der Waals surface area contributed by atoms with Crippen LogP contribution in [-0.4, -0.2) is 22.4 Å². The molecule has 1 saturated carbocycles. The Morgan fingerprint density at radius 3 is 2.59 bits per heavy atom. The molecule has 1 aromatic carbocycles. The molecule has 0 aliphatic heterocycles. The number of benzene rings is 1. The summed E-state index contributed by atoms with van der Waals surface area (Å²) in [6.45, 7) is 0.630. The summed E-state index contributed by atoms with van der Waals surface area (Å²) in [6, 6.07) is 4.36. The first-order valence-corrected chi connectivity index (χ1v) is 5.98. The highest BCUT2D eigenvalue weighted by Crippen LogP contribution is 2.29. The van der Waals surface area contributed by atoms with Crippen molar-refractivity contribution >= 4 is 0 Å². The second-order valence-electron chi connectivity index (χ2n) is 4.78. The van der Waals surface area contributed by atoms with E-state index in [0.29, 0.717) is 6.54 Å². The molecular weight excluding hydrogens is 221 g/mol. The second kappa shape index (κ2) is 5.02. The fourth-order valence-corrected chi connectivity index (χ4v) is 2.39. The summed E-state index contributed by atoms with van der Waals surface area (Å²) >= 11 is 0. The Balaban J connectivity index is 1.99. The molecule has 0 unspecified atom stereocenters. The van der Waals surface area contributed by atoms with E-state index in [4.69, 9.17) is 5.11 Å². The van der Waals surface area contributed by atoms with E-state index >= 15 is 0 Å². The SMILES string of the molecule is OCC1(NCc2ccc(O)c(F)c2)CCCC1. The predicted octanol–water partition coefficient (Wildman–Crippen LogP) is 1.93. The van der Waals surface area contributed by atoms with Gasteiger partial charge in [-0.15, -0.1) is 0 Å². The third kappa shape index (κ3) is 2.76. The quantitative estimate of drug-likeness (QED) is 0.752. The molecule has 1 aromatic rings. The van der Waals surface area contributed by atoms with Gasteiger partial charge in [0.1, 0.15) is 0 Å². The lowest BCUT2D eigenvalue weighted by molar-refractivity contribution is 0.163. The molecule has 1 aliphatic rings. The fourth-order valence-electron chi connectivity index (χ4n) is 2.39. The van der Waals surface area contributed by atoms with Crippen molar-refractivity contribution in [2.75, 3.05) is 6.61 Å². The molecule has 2 rings (SSSR count). The van der Waals surface area contributed by atoms with Crippen molar-refractivity contribution in [3.05, 3.63) is 29.6 Å². The minimum Gasteiger partial charge on any atom is -0.505 e. The molecule has 0 spiro atoms. The maximum Gasteiger partial charge on any atom is 0.165 e. The number of halogens is 1. The number of nitrogens with one attached hydrogen (secondary N) is 1. The minimum absolute atomic E-state index is 0.119. The minimum atomic E-state index is -0.603. The highest BCUT2D eigenvalue weighted by molar-refractivity contribution is 5.28. The number of rotatable bonds is 4. The van der Waals surface area contributed by atoms with E-state index in [2.05, 4.69) is 5.32 Å². The molecule has 3 nitrogen and oxygen atoms in total. The summed E-state index contributed by atoms with van der Waals surface area (Å²) in [7, 11) is 0. The lowest BCUT2D eigenvalue weighted by Crippen LogP contribution is -2.45. The van der Waals surface area contributed by atoms with Crippen LogP contribution in [0, 0.1) is 5.82 Å². The summed E-state index contributed by atoms with van der Waals surface area (Å²) < 4.78 is 13.1. The zero-order chi connectivity index (χ0) is 12.3. The van der Waals surface area contributed by atoms with Crippen molar-refractivity contribution in [1.82, 2.24) is 5.32 Å². The molecule has 0 radical (unpaired) electrons. The summed E-state index contributed by atoms with van der Waals surface area (Å²) in [6.07, 6.45) is 4.17. The van der Waals surface area contributed by atoms with Crippen molar-refractivity contribution in [1.29, 1.82) is 0 Å². The van der Waals surface area contributed by atoms with Gasteiger partial charge in [0, 0.05) is 12.1 Å². The van der Waals surface area contributed by atoms with Crippen molar-refractivity contribution in [3.8, 4) is 5.75 Å². The second-order valence-corrected chi connectivity index (χ2v) is 4.78. The summed E-state index contributed by atoms with van der Waals surface area (Å²) in [4.78, 5) is 0. The lowest BCUT2D eigenvalue weighted by atomic mass is 9.98. The van der Waals surface area contributed by atoms with E-state index in [0.717, 1.165) is 31.2 Å². The molecular formula is C13H18FNO2. The van der Waals surface area contributed by atoms with Gasteiger partial charge in [0.25, 0.3) is 0 Å². The van der Waals surface area contributed by atoms with E-state index < -0.39 is 5.82 Å². The topological polar surface area (TPSA) is 52.5 Å². The van der Waals surface area contributed by atoms with Crippen LogP contribution in [0.4, 0.5) is 4.39 Å². The Labute approximate surface area is 100 Å². The molecule has 0 bridgehead atoms. The number of hydrogen-bond acceptors (Lipinski definition) is 3. The Morgan fingerprint density at radius 1 is 1.29 bits per heavy atom. The van der Waals surface area contributed by atoms with Crippen molar-refractivity contribution in [3.63, 3.8) is 0 Å². The first-order valence-electron chi connectivity index (χ1n) is 5.98. The molecule has 0 saturated heterocycles. The average molecular weight is 239 g/mol. The molecule has 94 valence electrons. The van der Waals surface area contributed by atoms with Gasteiger partial charge < -0.3 is 15.5 Å². The van der Waals surface area contributed by atoms with Crippen LogP contribution in [-0.2, 0) is 6.54 Å². The standard InChI is InChI=1S/C13H18FNO2/c14-11-7-10(3-4-12(11)17)8-15-13(9-16)5-1-2-6-13/h3-4,7,15-17H,1-2,5-6,8-9H2. The van der Waals surface area contributed by atoms with Crippen LogP contribution >= 0.6 is 0 Å². The molecule has 0 amide bonds. The first-order chi connectivity index (χ1) is 8.15. The van der Waals surface area contributed by atoms with Crippen molar-refractivity contribution < 1.29 is 14.6 Å². The van der Waals surface area contributed by atoms with Gasteiger partial charge >= 0.3 is 0 Å². The molecule has 1 aliphatic carbocycles. The molecule has 4 heteroatoms. The van der Waals surface area contributed by atoms with E-state index in [1.807, 2.05) is 0 Å². The highest BCUT2D eigenvalue weighted by Gasteiger charge is 2.32. The molecule has 3 N–H and O–H groups in total. The fraction of sp³-hybridized carbons (Fsp3) is 0.538. The summed E-state index contributed by atoms with van der Waals surface area (Å²) in [5.41, 5.74) is 0.578. The van der Waals surface area contributed by atoms with E-state index in [1.54, 1.807) is 6.07 Å². The lowest BCUT2D eigenvalue weighted by Gasteiger charge is -2.28. The van der Waals surface area contributed by atoms with Crippen molar-refractivity contribution in [2.24, 2.45) is 0 Å². The molecule has 17 heavy (non-hydrogen) atoms. The smallest absolute Gasteiger partial charge is 0.165 e. The van der Waals surface area contributed by atoms with Gasteiger partial charge in [-0.3, -0.25) is 0 Å². The average Bonchev–Trinajstić information content (AvgIpc) is 2.80. The van der Waals surface area contributed by atoms with Gasteiger partial charge in [-0.05, 0) is 30.5 Å². The third-order valence-corrected chi connectivity index (χ3v) is 3.54. The zero-order valence-electron chi connectivity index (χ0n) is 9.75. The molecule has 1 fully saturated rings. The normalized spacial score (nSPS) is 18.5. The van der Waals surface area contributed by atoms with E-state index in [9.17, 15) is 9.50 Å². The van der Waals surface area contributed by atoms with Crippen LogP contribution in [0.15, 0.2) is 18.2 Å². The summed E-state index contributed by atoms with van der Waals surface area (Å²) in [5.74, 6) is -0.930. The van der Waals surface area contributed by atoms with Gasteiger partial charge in [-0.25, -0.2) is 4.39 Å². The maximum absolute atomic E-state index is 13.1. The van der Waals surface area contributed by atoms with Gasteiger partial charge in [-0.2, -0.15) is 0 Å². The van der Waals surface area contributed by atoms with Gasteiger partial charge in [0.2, 0.25) is 0 Å². The number of hydrogen-bond donors (Lipinski definition) is 3. The van der Waals surface area contributed by atoms with Crippen LogP contribution in [0.25, 0.3) is 0 Å². The van der Waals surface area contributed by atoms with Crippen molar-refractivity contribution in [2.45, 2.75) is 37.8 Å². The highest BCUT2D eigenvalue weighted by atomic mass is 19.1. The van der Waals surface area contributed by atoms with Crippen LogP contribution in [0.5, 0.6) is 5.75 Å². The zero-order valence-corrected chi connectivity index (χ0v) is 9.75. The molecule has 0 atom stereocenters. The Morgan fingerprint density at radius 2 is 2.00 bits per heavy atom. The monoisotopic (exact) mass is 239 g/mol. The predicted molar refractivity (Wildman–Crippen MR) is 63.2 cm³/mol. The maximum atomic E-state index is 13.1. The Kier molecular flexibility index (Phi) is 3.64. The largest absolute Gasteiger partial charge is 0.505 e. The molecule has 0 heterocycles. The first kappa shape index (κ1) is 12.3. The van der Waals surface area contributed by atoms with Gasteiger partial charge in [-0.1, -0.05) is 18.9 Å². The third-order valence-electron chi connectivity index (χ3n) is 3.54. The summed E-state index contributed by atoms with van der Waals surface area (Å²) in [5, 5.41) is 21.8. The van der Waals surface area contributed by atoms with E-state index in [-0.39, 0.29) is 17.9 Å². The van der Waals surface area contributed by atoms with Crippen LogP contribution < -0.4 is 5.32 Å². The van der Waals surface area contributed by atoms with Crippen LogP contribution in [0.1, 0.15) is 31.2 Å². The number of aliphatic hydroxyl groups excluding tert-OH is 1. The Hall–Kier alpha value is -1.13. The number of aliphatic hydroxyl groups is 1. The number of aromatic hydroxyl groups is 1. The van der Waals surface area contributed by atoms with Crippen LogP contribution in [0.2, 0.25) is 0 Å². The Bertz CT molecular complexity index is 389. The van der Waals surface area contributed by atoms with Gasteiger partial charge in [0.15, 0.2) is 11.6 Å². The van der Waals surface area contributed by atoms with Gasteiger partial charge in [0.05, 0.1) is 6.61 Å². The number of phenols is 1. The van der Waals surface area contributed by atoms with E-state index in [1.165, 1.54) is 12.1 Å². The van der Waals surface area contributed by atoms with Crippen LogP contribution in [0.3, 0.4) is 0 Å². The number of phenolic OH excluding ortho intramolecular Hbond substituents is 1. The molecule has 0 aromatic heterocycles.